The van der Waals surface area contributed by atoms with E-state index in [-0.39, 0.29) is 36.3 Å². The molecule has 0 aliphatic carbocycles. The van der Waals surface area contributed by atoms with Crippen molar-refractivity contribution in [3.63, 3.8) is 0 Å². The number of methoxy groups -OCH3 is 1. The van der Waals surface area contributed by atoms with Crippen molar-refractivity contribution in [2.24, 2.45) is 4.99 Å². The Hall–Kier alpha value is -1.69. The van der Waals surface area contributed by atoms with Crippen LogP contribution in [0.1, 0.15) is 15.4 Å². The molecule has 0 spiro atoms. The van der Waals surface area contributed by atoms with E-state index in [0.29, 0.717) is 23.8 Å². The highest BCUT2D eigenvalue weighted by Crippen LogP contribution is 2.25. The molecule has 0 unspecified atom stereocenters. The van der Waals surface area contributed by atoms with Gasteiger partial charge in [-0.1, -0.05) is 0 Å². The summed E-state index contributed by atoms with van der Waals surface area (Å²) in [6.45, 7) is -0.133. The summed E-state index contributed by atoms with van der Waals surface area (Å²) in [7, 11) is 3.14. The first kappa shape index (κ1) is 22.4. The lowest BCUT2D eigenvalue weighted by Gasteiger charge is -2.15. The van der Waals surface area contributed by atoms with Crippen molar-refractivity contribution < 1.29 is 18.3 Å². The lowest BCUT2D eigenvalue weighted by atomic mass is 10.2. The monoisotopic (exact) mass is 498 g/mol. The smallest absolute Gasteiger partial charge is 0.387 e. The Kier molecular flexibility index (Phi) is 9.55. The Bertz CT molecular complexity index is 728. The van der Waals surface area contributed by atoms with Crippen LogP contribution in [0.2, 0.25) is 0 Å². The summed E-state index contributed by atoms with van der Waals surface area (Å²) in [6, 6.07) is 4.66. The van der Waals surface area contributed by atoms with Gasteiger partial charge in [-0.05, 0) is 25.1 Å². The summed E-state index contributed by atoms with van der Waals surface area (Å²) in [4.78, 5) is 9.50. The molecule has 0 fully saturated rings. The van der Waals surface area contributed by atoms with Gasteiger partial charge in [-0.15, -0.1) is 35.3 Å². The minimum atomic E-state index is -2.89. The van der Waals surface area contributed by atoms with E-state index in [9.17, 15) is 8.78 Å². The van der Waals surface area contributed by atoms with Gasteiger partial charge in [-0.2, -0.15) is 8.78 Å². The summed E-state index contributed by atoms with van der Waals surface area (Å²) in [5.41, 5.74) is 0.535. The molecule has 26 heavy (non-hydrogen) atoms. The SMILES string of the molecule is CN=C(NCc1ncc(C)s1)NCc1cc(OC)ccc1OC(F)F.I. The second kappa shape index (κ2) is 11.1. The van der Waals surface area contributed by atoms with Crippen molar-refractivity contribution in [3.8, 4) is 11.5 Å². The second-order valence-electron chi connectivity index (χ2n) is 5.00. The Morgan fingerprint density at radius 1 is 1.31 bits per heavy atom. The Balaban J connectivity index is 0.00000338. The number of alkyl halides is 2. The van der Waals surface area contributed by atoms with Gasteiger partial charge in [-0.25, -0.2) is 4.98 Å². The summed E-state index contributed by atoms with van der Waals surface area (Å²) >= 11 is 1.59. The van der Waals surface area contributed by atoms with Gasteiger partial charge in [0, 0.05) is 30.2 Å². The van der Waals surface area contributed by atoms with Gasteiger partial charge in [0.25, 0.3) is 0 Å². The molecule has 2 rings (SSSR count). The highest BCUT2D eigenvalue weighted by atomic mass is 127. The second-order valence-corrected chi connectivity index (χ2v) is 6.32. The molecule has 2 N–H and O–H groups in total. The van der Waals surface area contributed by atoms with Crippen LogP contribution in [0.25, 0.3) is 0 Å². The first-order valence-corrected chi connectivity index (χ1v) is 8.31. The molecule has 0 atom stereocenters. The van der Waals surface area contributed by atoms with Crippen LogP contribution in [0.5, 0.6) is 11.5 Å². The molecule has 0 bridgehead atoms. The minimum Gasteiger partial charge on any atom is -0.497 e. The molecule has 0 aliphatic rings. The minimum absolute atomic E-state index is 0. The number of thiazole rings is 1. The highest BCUT2D eigenvalue weighted by molar-refractivity contribution is 14.0. The standard InChI is InChI=1S/C16H20F2N4O2S.HI/c1-10-7-20-14(25-10)9-22-16(19-2)21-8-11-6-12(23-3)4-5-13(11)24-15(17)18;/h4-7,15H,8-9H2,1-3H3,(H2,19,21,22);1H. The van der Waals surface area contributed by atoms with Crippen molar-refractivity contribution in [3.05, 3.63) is 39.8 Å². The number of aliphatic imine (C=N–C) groups is 1. The van der Waals surface area contributed by atoms with E-state index >= 15 is 0 Å². The van der Waals surface area contributed by atoms with Crippen molar-refractivity contribution in [1.29, 1.82) is 0 Å². The van der Waals surface area contributed by atoms with Crippen LogP contribution in [0.15, 0.2) is 29.4 Å². The van der Waals surface area contributed by atoms with Crippen LogP contribution in [0.4, 0.5) is 8.78 Å². The zero-order valence-corrected chi connectivity index (χ0v) is 17.7. The molecule has 2 aromatic rings. The van der Waals surface area contributed by atoms with Crippen LogP contribution in [-0.4, -0.2) is 31.7 Å². The number of hydrogen-bond acceptors (Lipinski definition) is 5. The molecule has 1 aromatic heterocycles. The first-order valence-electron chi connectivity index (χ1n) is 7.49. The van der Waals surface area contributed by atoms with Crippen LogP contribution < -0.4 is 20.1 Å². The summed E-state index contributed by atoms with van der Waals surface area (Å²) < 4.78 is 34.8. The third kappa shape index (κ3) is 6.90. The molecule has 0 amide bonds. The molecule has 10 heteroatoms. The number of nitrogens with zero attached hydrogens (tertiary/aromatic N) is 2. The van der Waals surface area contributed by atoms with Crippen LogP contribution >= 0.6 is 35.3 Å². The zero-order chi connectivity index (χ0) is 18.2. The molecule has 0 saturated heterocycles. The molecule has 6 nitrogen and oxygen atoms in total. The third-order valence-electron chi connectivity index (χ3n) is 3.23. The number of ether oxygens (including phenoxy) is 2. The van der Waals surface area contributed by atoms with Gasteiger partial charge < -0.3 is 20.1 Å². The summed E-state index contributed by atoms with van der Waals surface area (Å²) in [5, 5.41) is 7.12. The molecule has 144 valence electrons. The topological polar surface area (TPSA) is 67.8 Å². The average molecular weight is 498 g/mol. The number of benzene rings is 1. The molecule has 0 saturated carbocycles. The first-order chi connectivity index (χ1) is 12.0. The predicted molar refractivity (Wildman–Crippen MR) is 109 cm³/mol. The maximum absolute atomic E-state index is 12.5. The Morgan fingerprint density at radius 2 is 2.04 bits per heavy atom. The van der Waals surface area contributed by atoms with E-state index in [2.05, 4.69) is 25.3 Å². The number of guanidine groups is 1. The van der Waals surface area contributed by atoms with Gasteiger partial charge in [0.1, 0.15) is 16.5 Å². The maximum Gasteiger partial charge on any atom is 0.387 e. The van der Waals surface area contributed by atoms with Gasteiger partial charge in [0.05, 0.1) is 13.7 Å². The van der Waals surface area contributed by atoms with E-state index in [1.165, 1.54) is 13.2 Å². The number of halogens is 3. The summed E-state index contributed by atoms with van der Waals surface area (Å²) in [6.07, 6.45) is 1.81. The van der Waals surface area contributed by atoms with Gasteiger partial charge in [0.2, 0.25) is 0 Å². The number of aromatic nitrogens is 1. The third-order valence-corrected chi connectivity index (χ3v) is 4.14. The Morgan fingerprint density at radius 3 is 2.62 bits per heavy atom. The van der Waals surface area contributed by atoms with Crippen LogP contribution in [-0.2, 0) is 13.1 Å². The molecule has 1 aromatic carbocycles. The fourth-order valence-corrected chi connectivity index (χ4v) is 2.80. The number of aryl methyl sites for hydroxylation is 1. The van der Waals surface area contributed by atoms with Crippen molar-refractivity contribution in [2.75, 3.05) is 14.2 Å². The van der Waals surface area contributed by atoms with Gasteiger partial charge in [-0.3, -0.25) is 4.99 Å². The normalized spacial score (nSPS) is 11.1. The van der Waals surface area contributed by atoms with E-state index in [1.54, 1.807) is 30.5 Å². The van der Waals surface area contributed by atoms with Gasteiger partial charge >= 0.3 is 6.61 Å². The van der Waals surface area contributed by atoms with Crippen LogP contribution in [0, 0.1) is 6.92 Å². The quantitative estimate of drug-likeness (QED) is 0.348. The molecule has 0 aliphatic heterocycles. The number of nitrogens with one attached hydrogen (secondary N) is 2. The van der Waals surface area contributed by atoms with E-state index in [4.69, 9.17) is 4.74 Å². The molecular weight excluding hydrogens is 477 g/mol. The average Bonchev–Trinajstić information content (AvgIpc) is 3.01. The largest absolute Gasteiger partial charge is 0.497 e. The highest BCUT2D eigenvalue weighted by Gasteiger charge is 2.11. The summed E-state index contributed by atoms with van der Waals surface area (Å²) in [5.74, 6) is 1.17. The van der Waals surface area contributed by atoms with E-state index < -0.39 is 6.61 Å². The molecule has 1 heterocycles. The van der Waals surface area contributed by atoms with Crippen molar-refractivity contribution in [1.82, 2.24) is 15.6 Å². The fraction of sp³-hybridized carbons (Fsp3) is 0.375. The lowest BCUT2D eigenvalue weighted by Crippen LogP contribution is -2.36. The molecule has 0 radical (unpaired) electrons. The van der Waals surface area contributed by atoms with Gasteiger partial charge in [0.15, 0.2) is 5.96 Å². The van der Waals surface area contributed by atoms with Crippen molar-refractivity contribution in [2.45, 2.75) is 26.6 Å². The lowest BCUT2D eigenvalue weighted by molar-refractivity contribution is -0.0504. The molecular formula is C16H21F2IN4O2S. The Labute approximate surface area is 172 Å². The van der Waals surface area contributed by atoms with E-state index in [1.807, 2.05) is 13.1 Å². The van der Waals surface area contributed by atoms with Crippen LogP contribution in [0.3, 0.4) is 0 Å². The zero-order valence-electron chi connectivity index (χ0n) is 14.6. The number of rotatable bonds is 7. The fourth-order valence-electron chi connectivity index (χ4n) is 2.07. The van der Waals surface area contributed by atoms with Crippen molar-refractivity contribution >= 4 is 41.3 Å². The number of hydrogen-bond donors (Lipinski definition) is 2. The maximum atomic E-state index is 12.5. The van der Waals surface area contributed by atoms with E-state index in [0.717, 1.165) is 9.88 Å². The predicted octanol–water partition coefficient (Wildman–Crippen LogP) is 3.54.